The maximum absolute atomic E-state index is 12.1. The molecule has 0 spiro atoms. The van der Waals surface area contributed by atoms with Crippen LogP contribution in [0.1, 0.15) is 12.8 Å². The van der Waals surface area contributed by atoms with E-state index in [-0.39, 0.29) is 17.8 Å². The molecule has 1 unspecified atom stereocenters. The van der Waals surface area contributed by atoms with E-state index in [1.165, 1.54) is 0 Å². The Hall–Kier alpha value is -1.34. The molecule has 0 saturated carbocycles. The van der Waals surface area contributed by atoms with E-state index in [4.69, 9.17) is 15.7 Å². The number of nitrogens with zero attached hydrogens (tertiary/aromatic N) is 3. The highest BCUT2D eigenvalue weighted by Crippen LogP contribution is 2.15. The fraction of sp³-hybridized carbons (Fsp3) is 0.818. The maximum Gasteiger partial charge on any atom is 0.251 e. The van der Waals surface area contributed by atoms with Crippen molar-refractivity contribution in [1.82, 2.24) is 9.80 Å². The molecule has 7 nitrogen and oxygen atoms in total. The molecular formula is C11H20N4O3. The molecule has 0 aromatic heterocycles. The van der Waals surface area contributed by atoms with Crippen LogP contribution < -0.4 is 5.73 Å². The van der Waals surface area contributed by atoms with Crippen LogP contribution in [0.15, 0.2) is 5.16 Å². The zero-order chi connectivity index (χ0) is 13.0. The fourth-order valence-corrected chi connectivity index (χ4v) is 2.36. The molecule has 0 aliphatic carbocycles. The topological polar surface area (TPSA) is 91.4 Å². The third-order valence-corrected chi connectivity index (χ3v) is 3.40. The molecule has 0 aromatic rings. The molecule has 18 heavy (non-hydrogen) atoms. The number of oxime groups is 1. The lowest BCUT2D eigenvalue weighted by Crippen LogP contribution is -2.52. The number of nitrogens with two attached hydrogens (primary N) is 1. The van der Waals surface area contributed by atoms with E-state index in [1.807, 2.05) is 4.90 Å². The van der Waals surface area contributed by atoms with Gasteiger partial charge in [0.2, 0.25) is 0 Å². The van der Waals surface area contributed by atoms with Gasteiger partial charge in [0, 0.05) is 32.8 Å². The number of carbonyl (C=O) groups excluding carboxylic acids is 1. The second kappa shape index (κ2) is 6.01. The van der Waals surface area contributed by atoms with Gasteiger partial charge in [0.25, 0.3) is 5.91 Å². The molecule has 2 heterocycles. The number of piperazine rings is 1. The Morgan fingerprint density at radius 1 is 1.39 bits per heavy atom. The van der Waals surface area contributed by atoms with Crippen LogP contribution in [0.3, 0.4) is 0 Å². The summed E-state index contributed by atoms with van der Waals surface area (Å²) in [6.07, 6.45) is 1.57. The van der Waals surface area contributed by atoms with Crippen LogP contribution in [0, 0.1) is 0 Å². The lowest BCUT2D eigenvalue weighted by molar-refractivity contribution is -0.142. The molecule has 0 bridgehead atoms. The number of hydrogen-bond acceptors (Lipinski definition) is 5. The van der Waals surface area contributed by atoms with E-state index < -0.39 is 0 Å². The summed E-state index contributed by atoms with van der Waals surface area (Å²) in [5.74, 6) is 0.310. The number of carbonyl (C=O) groups is 1. The van der Waals surface area contributed by atoms with Gasteiger partial charge in [-0.25, -0.2) is 0 Å². The zero-order valence-corrected chi connectivity index (χ0v) is 10.4. The van der Waals surface area contributed by atoms with Crippen LogP contribution in [0.5, 0.6) is 0 Å². The average molecular weight is 256 g/mol. The van der Waals surface area contributed by atoms with E-state index in [2.05, 4.69) is 10.1 Å². The Labute approximate surface area is 106 Å². The third-order valence-electron chi connectivity index (χ3n) is 3.40. The number of amidine groups is 1. The monoisotopic (exact) mass is 256 g/mol. The van der Waals surface area contributed by atoms with Gasteiger partial charge in [0.15, 0.2) is 5.84 Å². The summed E-state index contributed by atoms with van der Waals surface area (Å²) in [4.78, 5) is 16.0. The van der Waals surface area contributed by atoms with Gasteiger partial charge in [0.1, 0.15) is 6.10 Å². The Bertz CT molecular complexity index is 320. The highest BCUT2D eigenvalue weighted by atomic mass is 16.5. The van der Waals surface area contributed by atoms with E-state index in [0.29, 0.717) is 26.2 Å². The van der Waals surface area contributed by atoms with Crippen molar-refractivity contribution in [3.05, 3.63) is 0 Å². The van der Waals surface area contributed by atoms with Gasteiger partial charge in [-0.15, -0.1) is 0 Å². The number of rotatable bonds is 3. The van der Waals surface area contributed by atoms with Crippen LogP contribution in [0.25, 0.3) is 0 Å². The summed E-state index contributed by atoms with van der Waals surface area (Å²) in [6, 6.07) is 0. The third kappa shape index (κ3) is 3.11. The van der Waals surface area contributed by atoms with Gasteiger partial charge in [0.05, 0.1) is 6.54 Å². The quantitative estimate of drug-likeness (QED) is 0.294. The van der Waals surface area contributed by atoms with Crippen LogP contribution in [0.4, 0.5) is 0 Å². The largest absolute Gasteiger partial charge is 0.409 e. The summed E-state index contributed by atoms with van der Waals surface area (Å²) in [5, 5.41) is 11.5. The first-order chi connectivity index (χ1) is 8.70. The molecule has 2 rings (SSSR count). The molecular weight excluding hydrogens is 236 g/mol. The summed E-state index contributed by atoms with van der Waals surface area (Å²) >= 11 is 0. The minimum Gasteiger partial charge on any atom is -0.409 e. The Morgan fingerprint density at radius 3 is 2.67 bits per heavy atom. The van der Waals surface area contributed by atoms with E-state index >= 15 is 0 Å². The van der Waals surface area contributed by atoms with E-state index in [9.17, 15) is 4.79 Å². The summed E-state index contributed by atoms with van der Waals surface area (Å²) in [6.45, 7) is 3.98. The molecule has 7 heteroatoms. The summed E-state index contributed by atoms with van der Waals surface area (Å²) in [5.41, 5.74) is 5.46. The van der Waals surface area contributed by atoms with Crippen molar-refractivity contribution in [2.45, 2.75) is 18.9 Å². The van der Waals surface area contributed by atoms with Gasteiger partial charge in [-0.2, -0.15) is 0 Å². The molecule has 0 radical (unpaired) electrons. The highest BCUT2D eigenvalue weighted by Gasteiger charge is 2.30. The van der Waals surface area contributed by atoms with Crippen molar-refractivity contribution in [3.63, 3.8) is 0 Å². The van der Waals surface area contributed by atoms with Gasteiger partial charge < -0.3 is 20.6 Å². The van der Waals surface area contributed by atoms with Crippen LogP contribution in [-0.2, 0) is 9.53 Å². The van der Waals surface area contributed by atoms with E-state index in [0.717, 1.165) is 25.9 Å². The van der Waals surface area contributed by atoms with Crippen molar-refractivity contribution in [2.24, 2.45) is 10.9 Å². The van der Waals surface area contributed by atoms with Crippen LogP contribution >= 0.6 is 0 Å². The summed E-state index contributed by atoms with van der Waals surface area (Å²) in [7, 11) is 0. The molecule has 1 atom stereocenters. The molecule has 2 aliphatic heterocycles. The zero-order valence-electron chi connectivity index (χ0n) is 10.4. The molecule has 2 saturated heterocycles. The SMILES string of the molecule is NC(CN1CCN(C(=O)C2CCCO2)CC1)=NO. The minimum absolute atomic E-state index is 0.107. The van der Waals surface area contributed by atoms with Crippen molar-refractivity contribution in [3.8, 4) is 0 Å². The molecule has 2 fully saturated rings. The maximum atomic E-state index is 12.1. The number of ether oxygens (including phenoxy) is 1. The Kier molecular flexibility index (Phi) is 4.38. The molecule has 2 aliphatic rings. The van der Waals surface area contributed by atoms with Crippen LogP contribution in [-0.4, -0.2) is 72.2 Å². The standard InChI is InChI=1S/C11H20N4O3/c12-10(13-17)8-14-3-5-15(6-4-14)11(16)9-2-1-7-18-9/h9,17H,1-8H2,(H2,12,13). The predicted octanol–water partition coefficient (Wildman–Crippen LogP) is -0.944. The second-order valence-electron chi connectivity index (χ2n) is 4.69. The van der Waals surface area contributed by atoms with Crippen molar-refractivity contribution in [2.75, 3.05) is 39.3 Å². The fourth-order valence-electron chi connectivity index (χ4n) is 2.36. The van der Waals surface area contributed by atoms with Gasteiger partial charge in [-0.1, -0.05) is 5.16 Å². The van der Waals surface area contributed by atoms with Crippen LogP contribution in [0.2, 0.25) is 0 Å². The molecule has 1 amide bonds. The van der Waals surface area contributed by atoms with E-state index in [1.54, 1.807) is 0 Å². The lowest BCUT2D eigenvalue weighted by atomic mass is 10.2. The normalized spacial score (nSPS) is 26.6. The molecule has 102 valence electrons. The predicted molar refractivity (Wildman–Crippen MR) is 65.4 cm³/mol. The lowest BCUT2D eigenvalue weighted by Gasteiger charge is -2.35. The molecule has 3 N–H and O–H groups in total. The smallest absolute Gasteiger partial charge is 0.251 e. The summed E-state index contributed by atoms with van der Waals surface area (Å²) < 4.78 is 5.40. The number of hydrogen-bond donors (Lipinski definition) is 2. The minimum atomic E-state index is -0.236. The number of amides is 1. The van der Waals surface area contributed by atoms with Gasteiger partial charge in [-0.05, 0) is 12.8 Å². The average Bonchev–Trinajstić information content (AvgIpc) is 2.92. The van der Waals surface area contributed by atoms with Gasteiger partial charge in [-0.3, -0.25) is 9.69 Å². The van der Waals surface area contributed by atoms with Crippen molar-refractivity contribution < 1.29 is 14.7 Å². The Morgan fingerprint density at radius 2 is 2.11 bits per heavy atom. The Balaban J connectivity index is 1.77. The second-order valence-corrected chi connectivity index (χ2v) is 4.69. The van der Waals surface area contributed by atoms with Gasteiger partial charge >= 0.3 is 0 Å². The highest BCUT2D eigenvalue weighted by molar-refractivity contribution is 5.82. The van der Waals surface area contributed by atoms with Crippen molar-refractivity contribution in [1.29, 1.82) is 0 Å². The first kappa shape index (κ1) is 13.1. The molecule has 0 aromatic carbocycles. The first-order valence-corrected chi connectivity index (χ1v) is 6.30. The first-order valence-electron chi connectivity index (χ1n) is 6.30. The van der Waals surface area contributed by atoms with Crippen molar-refractivity contribution >= 4 is 11.7 Å².